The molecule has 39 heavy (non-hydrogen) atoms. The number of fused-ring (bicyclic) bond motifs is 1. The molecule has 0 saturated heterocycles. The van der Waals surface area contributed by atoms with E-state index in [4.69, 9.17) is 11.6 Å². The Balaban J connectivity index is 1.77. The normalized spacial score (nSPS) is 12.8. The van der Waals surface area contributed by atoms with Crippen LogP contribution in [0.4, 0.5) is 0 Å². The van der Waals surface area contributed by atoms with Crippen molar-refractivity contribution in [2.24, 2.45) is 0 Å². The smallest absolute Gasteiger partial charge is 0.253 e. The van der Waals surface area contributed by atoms with Crippen LogP contribution in [-0.2, 0) is 18.6 Å². The van der Waals surface area contributed by atoms with Gasteiger partial charge in [-0.05, 0) is 79.4 Å². The van der Waals surface area contributed by atoms with E-state index in [1.807, 2.05) is 66.2 Å². The fourth-order valence-electron chi connectivity index (χ4n) is 5.04. The first-order chi connectivity index (χ1) is 18.6. The molecule has 5 aromatic rings. The zero-order valence-corrected chi connectivity index (χ0v) is 23.7. The molecule has 0 amide bonds. The summed E-state index contributed by atoms with van der Waals surface area (Å²) < 4.78 is 1.81. The highest BCUT2D eigenvalue weighted by Crippen LogP contribution is 2.33. The van der Waals surface area contributed by atoms with Crippen molar-refractivity contribution in [3.63, 3.8) is 0 Å². The molecule has 0 radical (unpaired) electrons. The third kappa shape index (κ3) is 5.51. The lowest BCUT2D eigenvalue weighted by atomic mass is 9.98. The van der Waals surface area contributed by atoms with Gasteiger partial charge >= 0.3 is 0 Å². The number of H-pyrrole nitrogens is 1. The molecule has 0 aliphatic rings. The second-order valence-electron chi connectivity index (χ2n) is 11.0. The van der Waals surface area contributed by atoms with E-state index >= 15 is 0 Å². The van der Waals surface area contributed by atoms with E-state index in [1.165, 1.54) is 0 Å². The Hall–Kier alpha value is -3.81. The number of hydrogen-bond acceptors (Lipinski definition) is 5. The van der Waals surface area contributed by atoms with Crippen LogP contribution in [0.25, 0.3) is 10.9 Å². The maximum absolute atomic E-state index is 13.9. The Morgan fingerprint density at radius 2 is 1.64 bits per heavy atom. The van der Waals surface area contributed by atoms with Crippen molar-refractivity contribution in [2.75, 3.05) is 0 Å². The molecule has 0 aliphatic carbocycles. The van der Waals surface area contributed by atoms with E-state index in [1.54, 1.807) is 0 Å². The molecule has 1 atom stereocenters. The molecule has 200 valence electrons. The van der Waals surface area contributed by atoms with Crippen LogP contribution in [0.2, 0.25) is 5.02 Å². The van der Waals surface area contributed by atoms with Gasteiger partial charge in [-0.15, -0.1) is 5.10 Å². The van der Waals surface area contributed by atoms with Gasteiger partial charge in [-0.3, -0.25) is 9.69 Å². The van der Waals surface area contributed by atoms with Crippen LogP contribution in [0.5, 0.6) is 0 Å². The van der Waals surface area contributed by atoms with Crippen LogP contribution in [-0.4, -0.2) is 30.1 Å². The topological polar surface area (TPSA) is 79.7 Å². The number of aromatic amines is 1. The molecule has 1 unspecified atom stereocenters. The van der Waals surface area contributed by atoms with Crippen molar-refractivity contribution in [3.05, 3.63) is 122 Å². The van der Waals surface area contributed by atoms with Gasteiger partial charge in [0.05, 0.1) is 11.1 Å². The van der Waals surface area contributed by atoms with Crippen molar-refractivity contribution in [2.45, 2.75) is 59.3 Å². The molecule has 0 aliphatic heterocycles. The van der Waals surface area contributed by atoms with E-state index in [9.17, 15) is 4.79 Å². The van der Waals surface area contributed by atoms with Gasteiger partial charge in [-0.1, -0.05) is 72.3 Å². The van der Waals surface area contributed by atoms with Crippen molar-refractivity contribution in [1.29, 1.82) is 0 Å². The first kappa shape index (κ1) is 26.8. The summed E-state index contributed by atoms with van der Waals surface area (Å²) in [5.74, 6) is 0.598. The molecule has 1 N–H and O–H groups in total. The third-order valence-corrected chi connectivity index (χ3v) is 7.43. The van der Waals surface area contributed by atoms with Crippen LogP contribution >= 0.6 is 11.6 Å². The Bertz CT molecular complexity index is 1670. The summed E-state index contributed by atoms with van der Waals surface area (Å²) in [5.41, 5.74) is 5.03. The monoisotopic (exact) mass is 540 g/mol. The third-order valence-electron chi connectivity index (χ3n) is 7.07. The van der Waals surface area contributed by atoms with Gasteiger partial charge in [-0.2, -0.15) is 0 Å². The maximum Gasteiger partial charge on any atom is 0.253 e. The molecular weight excluding hydrogens is 508 g/mol. The van der Waals surface area contributed by atoms with Crippen LogP contribution in [0.1, 0.15) is 60.5 Å². The van der Waals surface area contributed by atoms with Crippen LogP contribution in [0, 0.1) is 13.8 Å². The standard InChI is InChI=1S/C31H33ClN6O/c1-20-15-16-21(2)27-24(20)17-25(30(39)33-27)28(29-34-35-36-38(29)31(3,4)5)37(18-22-11-7-6-8-12-22)19-23-13-9-10-14-26(23)32/h6-17,28H,18-19H2,1-5H3,(H,33,39). The molecule has 5 rings (SSSR count). The average Bonchev–Trinajstić information content (AvgIpc) is 3.39. The number of aromatic nitrogens is 5. The highest BCUT2D eigenvalue weighted by atomic mass is 35.5. The van der Waals surface area contributed by atoms with Crippen LogP contribution in [0.3, 0.4) is 0 Å². The lowest BCUT2D eigenvalue weighted by molar-refractivity contribution is 0.184. The predicted octanol–water partition coefficient (Wildman–Crippen LogP) is 6.33. The summed E-state index contributed by atoms with van der Waals surface area (Å²) in [6.07, 6.45) is 0. The first-order valence-electron chi connectivity index (χ1n) is 13.1. The molecule has 8 heteroatoms. The number of nitrogens with zero attached hydrogens (tertiary/aromatic N) is 5. The van der Waals surface area contributed by atoms with Crippen molar-refractivity contribution in [1.82, 2.24) is 30.1 Å². The molecule has 0 bridgehead atoms. The second-order valence-corrected chi connectivity index (χ2v) is 11.5. The molecule has 2 aromatic heterocycles. The maximum atomic E-state index is 13.9. The molecular formula is C31H33ClN6O. The number of pyridine rings is 1. The van der Waals surface area contributed by atoms with E-state index in [0.717, 1.165) is 33.2 Å². The van der Waals surface area contributed by atoms with Gasteiger partial charge in [0.25, 0.3) is 5.56 Å². The van der Waals surface area contributed by atoms with Gasteiger partial charge < -0.3 is 4.98 Å². The van der Waals surface area contributed by atoms with Crippen molar-refractivity contribution >= 4 is 22.5 Å². The fourth-order valence-corrected chi connectivity index (χ4v) is 5.23. The summed E-state index contributed by atoms with van der Waals surface area (Å²) in [5, 5.41) is 14.6. The average molecular weight is 541 g/mol. The summed E-state index contributed by atoms with van der Waals surface area (Å²) in [6.45, 7) is 11.3. The molecule has 7 nitrogen and oxygen atoms in total. The second kappa shape index (κ2) is 10.8. The SMILES string of the molecule is Cc1ccc(C)c2[nH]c(=O)c(C(c3nnnn3C(C)(C)C)N(Cc3ccccc3)Cc3ccccc3Cl)cc12. The Labute approximate surface area is 233 Å². The zero-order chi connectivity index (χ0) is 27.7. The number of benzene rings is 3. The Kier molecular flexibility index (Phi) is 7.38. The van der Waals surface area contributed by atoms with Crippen molar-refractivity contribution < 1.29 is 0 Å². The molecule has 0 fully saturated rings. The van der Waals surface area contributed by atoms with Gasteiger partial charge in [0.2, 0.25) is 0 Å². The summed E-state index contributed by atoms with van der Waals surface area (Å²) in [6, 6.07) is 23.6. The van der Waals surface area contributed by atoms with Gasteiger partial charge in [-0.25, -0.2) is 4.68 Å². The fraction of sp³-hybridized carbons (Fsp3) is 0.290. The minimum atomic E-state index is -0.552. The predicted molar refractivity (Wildman–Crippen MR) is 156 cm³/mol. The van der Waals surface area contributed by atoms with Gasteiger partial charge in [0, 0.05) is 29.1 Å². The molecule has 0 saturated carbocycles. The lowest BCUT2D eigenvalue weighted by Crippen LogP contribution is -2.37. The van der Waals surface area contributed by atoms with E-state index < -0.39 is 11.6 Å². The van der Waals surface area contributed by atoms with E-state index in [-0.39, 0.29) is 5.56 Å². The quantitative estimate of drug-likeness (QED) is 0.261. The Morgan fingerprint density at radius 3 is 2.36 bits per heavy atom. The number of nitrogens with one attached hydrogen (secondary N) is 1. The summed E-state index contributed by atoms with van der Waals surface area (Å²) >= 11 is 6.66. The minimum Gasteiger partial charge on any atom is -0.321 e. The largest absolute Gasteiger partial charge is 0.321 e. The van der Waals surface area contributed by atoms with E-state index in [0.29, 0.717) is 29.5 Å². The number of aryl methyl sites for hydroxylation is 2. The number of hydrogen-bond donors (Lipinski definition) is 1. The van der Waals surface area contributed by atoms with E-state index in [2.05, 4.69) is 71.3 Å². The lowest BCUT2D eigenvalue weighted by Gasteiger charge is -2.33. The molecule has 3 aromatic carbocycles. The Morgan fingerprint density at radius 1 is 0.949 bits per heavy atom. The van der Waals surface area contributed by atoms with Gasteiger partial charge in [0.1, 0.15) is 6.04 Å². The van der Waals surface area contributed by atoms with Crippen LogP contribution < -0.4 is 5.56 Å². The summed E-state index contributed by atoms with van der Waals surface area (Å²) in [4.78, 5) is 19.3. The molecule has 0 spiro atoms. The number of rotatable bonds is 7. The minimum absolute atomic E-state index is 0.165. The summed E-state index contributed by atoms with van der Waals surface area (Å²) in [7, 11) is 0. The molecule has 2 heterocycles. The van der Waals surface area contributed by atoms with Gasteiger partial charge in [0.15, 0.2) is 5.82 Å². The zero-order valence-electron chi connectivity index (χ0n) is 22.9. The van der Waals surface area contributed by atoms with Crippen molar-refractivity contribution in [3.8, 4) is 0 Å². The first-order valence-corrected chi connectivity index (χ1v) is 13.4. The number of halogens is 1. The van der Waals surface area contributed by atoms with Crippen LogP contribution in [0.15, 0.2) is 77.6 Å². The highest BCUT2D eigenvalue weighted by molar-refractivity contribution is 6.31. The number of tetrazole rings is 1. The highest BCUT2D eigenvalue weighted by Gasteiger charge is 2.34.